The molecule has 1 aromatic heterocycles. The van der Waals surface area contributed by atoms with Crippen LogP contribution in [0.5, 0.6) is 0 Å². The molecule has 98 valence electrons. The van der Waals surface area contributed by atoms with Crippen molar-refractivity contribution in [3.05, 3.63) is 17.3 Å². The molecule has 2 aliphatic rings. The molecule has 3 rings (SSSR count). The SMILES string of the molecule is CC1(NC2CCN(c3ccc(Cl)nn3)C2)CCC1. The average Bonchev–Trinajstić information content (AvgIpc) is 2.76. The molecule has 1 saturated heterocycles. The average molecular weight is 267 g/mol. The third kappa shape index (κ3) is 2.45. The maximum atomic E-state index is 5.76. The fourth-order valence-electron chi connectivity index (χ4n) is 2.91. The maximum absolute atomic E-state index is 5.76. The highest BCUT2D eigenvalue weighted by atomic mass is 35.5. The molecule has 1 aliphatic heterocycles. The molecule has 0 aromatic carbocycles. The first-order chi connectivity index (χ1) is 8.65. The van der Waals surface area contributed by atoms with Gasteiger partial charge in [-0.25, -0.2) is 0 Å². The van der Waals surface area contributed by atoms with Crippen molar-refractivity contribution in [3.8, 4) is 0 Å². The van der Waals surface area contributed by atoms with E-state index in [0.717, 1.165) is 18.9 Å². The molecule has 1 atom stereocenters. The summed E-state index contributed by atoms with van der Waals surface area (Å²) in [4.78, 5) is 2.28. The van der Waals surface area contributed by atoms with Gasteiger partial charge >= 0.3 is 0 Å². The molecule has 0 bridgehead atoms. The summed E-state index contributed by atoms with van der Waals surface area (Å²) in [5.74, 6) is 0.933. The summed E-state index contributed by atoms with van der Waals surface area (Å²) in [7, 11) is 0. The van der Waals surface area contributed by atoms with Crippen LogP contribution < -0.4 is 10.2 Å². The van der Waals surface area contributed by atoms with Gasteiger partial charge in [0.05, 0.1) is 0 Å². The second kappa shape index (κ2) is 4.67. The standard InChI is InChI=1S/C13H19ClN4/c1-13(6-2-7-13)15-10-5-8-18(9-10)12-4-3-11(14)16-17-12/h3-4,10,15H,2,5-9H2,1H3. The molecule has 18 heavy (non-hydrogen) atoms. The second-order valence-electron chi connectivity index (χ2n) is 5.70. The van der Waals surface area contributed by atoms with Crippen molar-refractivity contribution in [1.29, 1.82) is 0 Å². The van der Waals surface area contributed by atoms with Gasteiger partial charge in [0, 0.05) is 24.7 Å². The van der Waals surface area contributed by atoms with Crippen LogP contribution in [0.15, 0.2) is 12.1 Å². The van der Waals surface area contributed by atoms with E-state index in [9.17, 15) is 0 Å². The van der Waals surface area contributed by atoms with E-state index in [1.165, 1.54) is 25.7 Å². The van der Waals surface area contributed by atoms with Crippen molar-refractivity contribution < 1.29 is 0 Å². The molecule has 5 heteroatoms. The molecule has 0 amide bonds. The summed E-state index contributed by atoms with van der Waals surface area (Å²) in [5, 5.41) is 12.3. The number of anilines is 1. The maximum Gasteiger partial charge on any atom is 0.151 e. The number of halogens is 1. The topological polar surface area (TPSA) is 41.0 Å². The largest absolute Gasteiger partial charge is 0.354 e. The molecule has 1 saturated carbocycles. The fraction of sp³-hybridized carbons (Fsp3) is 0.692. The Hall–Kier alpha value is -0.870. The van der Waals surface area contributed by atoms with E-state index < -0.39 is 0 Å². The van der Waals surface area contributed by atoms with Crippen LogP contribution in [-0.2, 0) is 0 Å². The summed E-state index contributed by atoms with van der Waals surface area (Å²) in [6, 6.07) is 4.33. The number of nitrogens with zero attached hydrogens (tertiary/aromatic N) is 3. The van der Waals surface area contributed by atoms with E-state index in [-0.39, 0.29) is 0 Å². The lowest BCUT2D eigenvalue weighted by Gasteiger charge is -2.41. The molecule has 2 heterocycles. The minimum absolute atomic E-state index is 0.381. The lowest BCUT2D eigenvalue weighted by atomic mass is 9.78. The van der Waals surface area contributed by atoms with Gasteiger partial charge < -0.3 is 10.2 Å². The van der Waals surface area contributed by atoms with Gasteiger partial charge in [-0.2, -0.15) is 0 Å². The lowest BCUT2D eigenvalue weighted by Crippen LogP contribution is -2.53. The molecule has 1 aromatic rings. The van der Waals surface area contributed by atoms with E-state index in [0.29, 0.717) is 16.7 Å². The number of hydrogen-bond acceptors (Lipinski definition) is 4. The van der Waals surface area contributed by atoms with Crippen molar-refractivity contribution >= 4 is 17.4 Å². The zero-order chi connectivity index (χ0) is 12.6. The summed E-state index contributed by atoms with van der Waals surface area (Å²) in [5.41, 5.74) is 0.381. The number of rotatable bonds is 3. The van der Waals surface area contributed by atoms with Gasteiger partial charge in [0.2, 0.25) is 0 Å². The van der Waals surface area contributed by atoms with Gasteiger partial charge in [0.1, 0.15) is 0 Å². The Morgan fingerprint density at radius 2 is 2.22 bits per heavy atom. The highest BCUT2D eigenvalue weighted by molar-refractivity contribution is 6.29. The van der Waals surface area contributed by atoms with Crippen molar-refractivity contribution in [3.63, 3.8) is 0 Å². The third-order valence-corrected chi connectivity index (χ3v) is 4.34. The van der Waals surface area contributed by atoms with E-state index in [2.05, 4.69) is 27.3 Å². The van der Waals surface area contributed by atoms with Crippen LogP contribution >= 0.6 is 11.6 Å². The van der Waals surface area contributed by atoms with Crippen LogP contribution in [0.25, 0.3) is 0 Å². The van der Waals surface area contributed by atoms with Crippen LogP contribution in [0.4, 0.5) is 5.82 Å². The Morgan fingerprint density at radius 1 is 1.39 bits per heavy atom. The van der Waals surface area contributed by atoms with Crippen molar-refractivity contribution in [2.75, 3.05) is 18.0 Å². The van der Waals surface area contributed by atoms with Gasteiger partial charge in [0.25, 0.3) is 0 Å². The Bertz CT molecular complexity index is 416. The molecule has 1 N–H and O–H groups in total. The predicted octanol–water partition coefficient (Wildman–Crippen LogP) is 2.24. The Kier molecular flexibility index (Phi) is 3.16. The predicted molar refractivity (Wildman–Crippen MR) is 73.1 cm³/mol. The number of hydrogen-bond donors (Lipinski definition) is 1. The zero-order valence-corrected chi connectivity index (χ0v) is 11.5. The van der Waals surface area contributed by atoms with Crippen LogP contribution in [0, 0.1) is 0 Å². The van der Waals surface area contributed by atoms with Crippen molar-refractivity contribution in [1.82, 2.24) is 15.5 Å². The molecular weight excluding hydrogens is 248 g/mol. The third-order valence-electron chi connectivity index (χ3n) is 4.14. The molecule has 1 unspecified atom stereocenters. The van der Waals surface area contributed by atoms with E-state index in [4.69, 9.17) is 11.6 Å². The Morgan fingerprint density at radius 3 is 2.83 bits per heavy atom. The normalized spacial score (nSPS) is 26.1. The highest BCUT2D eigenvalue weighted by Gasteiger charge is 2.35. The van der Waals surface area contributed by atoms with Crippen LogP contribution in [0.1, 0.15) is 32.6 Å². The van der Waals surface area contributed by atoms with E-state index in [1.807, 2.05) is 6.07 Å². The van der Waals surface area contributed by atoms with Gasteiger partial charge in [-0.3, -0.25) is 0 Å². The number of aromatic nitrogens is 2. The Balaban J connectivity index is 1.59. The van der Waals surface area contributed by atoms with Gasteiger partial charge in [0.15, 0.2) is 11.0 Å². The zero-order valence-electron chi connectivity index (χ0n) is 10.7. The monoisotopic (exact) mass is 266 g/mol. The van der Waals surface area contributed by atoms with Crippen LogP contribution in [0.3, 0.4) is 0 Å². The van der Waals surface area contributed by atoms with Crippen molar-refractivity contribution in [2.45, 2.75) is 44.2 Å². The number of nitrogens with one attached hydrogen (secondary N) is 1. The van der Waals surface area contributed by atoms with E-state index in [1.54, 1.807) is 6.07 Å². The van der Waals surface area contributed by atoms with Gasteiger partial charge in [-0.05, 0) is 44.7 Å². The Labute approximate surface area is 113 Å². The summed E-state index contributed by atoms with van der Waals surface area (Å²) >= 11 is 5.76. The quantitative estimate of drug-likeness (QED) is 0.911. The van der Waals surface area contributed by atoms with Gasteiger partial charge in [-0.15, -0.1) is 10.2 Å². The molecule has 0 spiro atoms. The minimum Gasteiger partial charge on any atom is -0.354 e. The minimum atomic E-state index is 0.381. The molecule has 4 nitrogen and oxygen atoms in total. The highest BCUT2D eigenvalue weighted by Crippen LogP contribution is 2.32. The fourth-order valence-corrected chi connectivity index (χ4v) is 3.01. The lowest BCUT2D eigenvalue weighted by molar-refractivity contribution is 0.189. The second-order valence-corrected chi connectivity index (χ2v) is 6.09. The van der Waals surface area contributed by atoms with E-state index >= 15 is 0 Å². The molecular formula is C13H19ClN4. The van der Waals surface area contributed by atoms with Crippen LogP contribution in [-0.4, -0.2) is 34.9 Å². The van der Waals surface area contributed by atoms with Crippen molar-refractivity contribution in [2.24, 2.45) is 0 Å². The smallest absolute Gasteiger partial charge is 0.151 e. The van der Waals surface area contributed by atoms with Gasteiger partial charge in [-0.1, -0.05) is 11.6 Å². The summed E-state index contributed by atoms with van der Waals surface area (Å²) in [6.07, 6.45) is 5.16. The summed E-state index contributed by atoms with van der Waals surface area (Å²) in [6.45, 7) is 4.40. The first kappa shape index (κ1) is 12.2. The summed E-state index contributed by atoms with van der Waals surface area (Å²) < 4.78 is 0. The van der Waals surface area contributed by atoms with Crippen LogP contribution in [0.2, 0.25) is 5.15 Å². The first-order valence-corrected chi connectivity index (χ1v) is 7.04. The first-order valence-electron chi connectivity index (χ1n) is 6.67. The molecule has 1 aliphatic carbocycles. The molecule has 2 fully saturated rings. The molecule has 0 radical (unpaired) electrons.